The summed E-state index contributed by atoms with van der Waals surface area (Å²) in [4.78, 5) is 2.47. The first-order valence-corrected chi connectivity index (χ1v) is 18.6. The number of thiophene rings is 1. The highest BCUT2D eigenvalue weighted by atomic mass is 32.1. The Morgan fingerprint density at radius 3 is 1.65 bits per heavy atom. The van der Waals surface area contributed by atoms with E-state index in [1.54, 1.807) is 0 Å². The minimum Gasteiger partial charge on any atom is -0.308 e. The molecule has 244 valence electrons. The van der Waals surface area contributed by atoms with E-state index in [-0.39, 0.29) is 0 Å². The molecule has 1 aromatic heterocycles. The van der Waals surface area contributed by atoms with E-state index >= 15 is 0 Å². The van der Waals surface area contributed by atoms with Crippen molar-refractivity contribution < 1.29 is 0 Å². The van der Waals surface area contributed by atoms with Gasteiger partial charge in [-0.05, 0) is 91.8 Å². The standard InChI is InChI=1S/C50H33NS/c1-2-14-35(15-3-1)45-32-37-17-4-5-18-38(37)33-46(45)36-28-30-39(31-29-36)51(48-26-13-24-44-43-22-9-11-27-49(43)52-50(44)48)47-25-10-8-21-42(47)41-23-12-19-34-16-6-7-20-40(34)41/h1-33H. The lowest BCUT2D eigenvalue weighted by molar-refractivity contribution is 1.30. The van der Waals surface area contributed by atoms with Crippen molar-refractivity contribution in [3.8, 4) is 33.4 Å². The van der Waals surface area contributed by atoms with Gasteiger partial charge in [-0.3, -0.25) is 0 Å². The van der Waals surface area contributed by atoms with Crippen molar-refractivity contribution in [2.24, 2.45) is 0 Å². The molecule has 0 N–H and O–H groups in total. The summed E-state index contributed by atoms with van der Waals surface area (Å²) < 4.78 is 2.58. The highest BCUT2D eigenvalue weighted by Crippen LogP contribution is 2.48. The van der Waals surface area contributed by atoms with Crippen LogP contribution in [0.5, 0.6) is 0 Å². The maximum Gasteiger partial charge on any atom is 0.0640 e. The number of benzene rings is 9. The number of anilines is 3. The van der Waals surface area contributed by atoms with Crippen molar-refractivity contribution in [1.82, 2.24) is 0 Å². The van der Waals surface area contributed by atoms with Crippen LogP contribution in [0.25, 0.3) is 75.1 Å². The first kappa shape index (κ1) is 30.4. The lowest BCUT2D eigenvalue weighted by Gasteiger charge is -2.29. The summed E-state index contributed by atoms with van der Waals surface area (Å²) >= 11 is 1.87. The van der Waals surface area contributed by atoms with Gasteiger partial charge in [0.25, 0.3) is 0 Å². The average molecular weight is 680 g/mol. The predicted molar refractivity (Wildman–Crippen MR) is 225 cm³/mol. The van der Waals surface area contributed by atoms with Crippen LogP contribution >= 0.6 is 11.3 Å². The van der Waals surface area contributed by atoms with Crippen LogP contribution in [0.3, 0.4) is 0 Å². The van der Waals surface area contributed by atoms with E-state index in [1.807, 2.05) is 11.3 Å². The summed E-state index contributed by atoms with van der Waals surface area (Å²) in [6.07, 6.45) is 0. The minimum absolute atomic E-state index is 1.11. The van der Waals surface area contributed by atoms with E-state index in [0.29, 0.717) is 0 Å². The Labute approximate surface area is 307 Å². The summed E-state index contributed by atoms with van der Waals surface area (Å²) in [6.45, 7) is 0. The zero-order valence-electron chi connectivity index (χ0n) is 28.4. The number of para-hydroxylation sites is 1. The molecule has 0 aliphatic rings. The Morgan fingerprint density at radius 2 is 0.865 bits per heavy atom. The Kier molecular flexibility index (Phi) is 7.41. The van der Waals surface area contributed by atoms with E-state index in [9.17, 15) is 0 Å². The van der Waals surface area contributed by atoms with Crippen LogP contribution in [0.2, 0.25) is 0 Å². The van der Waals surface area contributed by atoms with Gasteiger partial charge in [0.05, 0.1) is 16.1 Å². The predicted octanol–water partition coefficient (Wildman–Crippen LogP) is 14.8. The third kappa shape index (κ3) is 5.16. The smallest absolute Gasteiger partial charge is 0.0640 e. The van der Waals surface area contributed by atoms with Gasteiger partial charge in [0.2, 0.25) is 0 Å². The molecule has 9 aromatic carbocycles. The molecule has 10 rings (SSSR count). The molecule has 52 heavy (non-hydrogen) atoms. The van der Waals surface area contributed by atoms with E-state index in [2.05, 4.69) is 205 Å². The van der Waals surface area contributed by atoms with Crippen LogP contribution in [0.15, 0.2) is 200 Å². The van der Waals surface area contributed by atoms with Crippen LogP contribution in [0.4, 0.5) is 17.1 Å². The number of hydrogen-bond acceptors (Lipinski definition) is 2. The highest BCUT2D eigenvalue weighted by molar-refractivity contribution is 7.26. The Bertz CT molecular complexity index is 2900. The molecule has 0 aliphatic heterocycles. The van der Waals surface area contributed by atoms with Crippen molar-refractivity contribution in [1.29, 1.82) is 0 Å². The average Bonchev–Trinajstić information content (AvgIpc) is 3.61. The molecule has 0 saturated heterocycles. The third-order valence-electron chi connectivity index (χ3n) is 10.3. The fourth-order valence-corrected chi connectivity index (χ4v) is 9.01. The molecule has 2 heteroatoms. The fourth-order valence-electron chi connectivity index (χ4n) is 7.80. The van der Waals surface area contributed by atoms with Crippen molar-refractivity contribution in [3.05, 3.63) is 200 Å². The lowest BCUT2D eigenvalue weighted by Crippen LogP contribution is -2.11. The van der Waals surface area contributed by atoms with Gasteiger partial charge in [0.15, 0.2) is 0 Å². The van der Waals surface area contributed by atoms with E-state index in [4.69, 9.17) is 0 Å². The summed E-state index contributed by atoms with van der Waals surface area (Å²) in [5, 5.41) is 7.55. The van der Waals surface area contributed by atoms with Crippen molar-refractivity contribution in [3.63, 3.8) is 0 Å². The topological polar surface area (TPSA) is 3.24 Å². The normalized spacial score (nSPS) is 11.5. The molecule has 0 radical (unpaired) electrons. The monoisotopic (exact) mass is 679 g/mol. The number of nitrogens with zero attached hydrogens (tertiary/aromatic N) is 1. The molecule has 0 amide bonds. The first-order chi connectivity index (χ1) is 25.8. The van der Waals surface area contributed by atoms with Gasteiger partial charge >= 0.3 is 0 Å². The number of fused-ring (bicyclic) bond motifs is 5. The van der Waals surface area contributed by atoms with Gasteiger partial charge in [0, 0.05) is 26.7 Å². The third-order valence-corrected chi connectivity index (χ3v) is 11.5. The zero-order valence-corrected chi connectivity index (χ0v) is 29.2. The Morgan fingerprint density at radius 1 is 0.327 bits per heavy atom. The molecule has 1 nitrogen and oxygen atoms in total. The molecular formula is C50H33NS. The number of hydrogen-bond donors (Lipinski definition) is 0. The van der Waals surface area contributed by atoms with Gasteiger partial charge in [-0.15, -0.1) is 11.3 Å². The van der Waals surface area contributed by atoms with E-state index in [0.717, 1.165) is 11.4 Å². The van der Waals surface area contributed by atoms with E-state index in [1.165, 1.54) is 80.8 Å². The van der Waals surface area contributed by atoms with Crippen LogP contribution in [-0.2, 0) is 0 Å². The largest absolute Gasteiger partial charge is 0.308 e. The quantitative estimate of drug-likeness (QED) is 0.169. The van der Waals surface area contributed by atoms with Gasteiger partial charge in [0.1, 0.15) is 0 Å². The summed E-state index contributed by atoms with van der Waals surface area (Å²) in [6, 6.07) is 73.0. The van der Waals surface area contributed by atoms with Crippen LogP contribution in [0, 0.1) is 0 Å². The zero-order chi connectivity index (χ0) is 34.4. The van der Waals surface area contributed by atoms with Gasteiger partial charge in [-0.1, -0.05) is 158 Å². The van der Waals surface area contributed by atoms with Crippen molar-refractivity contribution in [2.75, 3.05) is 4.90 Å². The summed E-state index contributed by atoms with van der Waals surface area (Å²) in [7, 11) is 0. The SMILES string of the molecule is c1ccc(-c2cc3ccccc3cc2-c2ccc(N(c3ccccc3-c3cccc4ccccc34)c3cccc4c3sc3ccccc34)cc2)cc1. The second kappa shape index (κ2) is 12.7. The molecule has 0 bridgehead atoms. The molecule has 0 spiro atoms. The second-order valence-corrected chi connectivity index (χ2v) is 14.3. The minimum atomic E-state index is 1.11. The van der Waals surface area contributed by atoms with Gasteiger partial charge in [-0.25, -0.2) is 0 Å². The maximum absolute atomic E-state index is 2.47. The van der Waals surface area contributed by atoms with Gasteiger partial charge in [-0.2, -0.15) is 0 Å². The van der Waals surface area contributed by atoms with Crippen LogP contribution in [-0.4, -0.2) is 0 Å². The highest BCUT2D eigenvalue weighted by Gasteiger charge is 2.22. The molecule has 0 unspecified atom stereocenters. The number of rotatable bonds is 6. The maximum atomic E-state index is 2.47. The fraction of sp³-hybridized carbons (Fsp3) is 0. The molecule has 0 aliphatic carbocycles. The van der Waals surface area contributed by atoms with Crippen molar-refractivity contribution in [2.45, 2.75) is 0 Å². The second-order valence-electron chi connectivity index (χ2n) is 13.3. The Hall–Kier alpha value is -6.48. The lowest BCUT2D eigenvalue weighted by atomic mass is 9.91. The van der Waals surface area contributed by atoms with Crippen LogP contribution < -0.4 is 4.90 Å². The summed E-state index contributed by atoms with van der Waals surface area (Å²) in [5.74, 6) is 0. The molecule has 1 heterocycles. The van der Waals surface area contributed by atoms with Gasteiger partial charge < -0.3 is 4.90 Å². The molecular weight excluding hydrogens is 647 g/mol. The molecule has 10 aromatic rings. The van der Waals surface area contributed by atoms with Crippen molar-refractivity contribution >= 4 is 70.1 Å². The van der Waals surface area contributed by atoms with E-state index < -0.39 is 0 Å². The molecule has 0 atom stereocenters. The van der Waals surface area contributed by atoms with Crippen LogP contribution in [0.1, 0.15) is 0 Å². The molecule has 0 fully saturated rings. The Balaban J connectivity index is 1.20. The molecule has 0 saturated carbocycles. The first-order valence-electron chi connectivity index (χ1n) is 17.8. The summed E-state index contributed by atoms with van der Waals surface area (Å²) in [5.41, 5.74) is 10.7.